The van der Waals surface area contributed by atoms with Crippen molar-refractivity contribution >= 4 is 71.7 Å². The molecule has 2 N–H and O–H groups in total. The van der Waals surface area contributed by atoms with Crippen molar-refractivity contribution in [2.75, 3.05) is 0 Å². The van der Waals surface area contributed by atoms with Gasteiger partial charge in [0.15, 0.2) is 0 Å². The second-order valence-electron chi connectivity index (χ2n) is 17.5. The molecule has 0 aliphatic heterocycles. The largest absolute Gasteiger partial charge is 0.456 e. The van der Waals surface area contributed by atoms with Gasteiger partial charge in [0.2, 0.25) is 0 Å². The zero-order valence-electron chi connectivity index (χ0n) is 36.4. The molecule has 0 amide bonds. The minimum absolute atomic E-state index is 0.159. The lowest BCUT2D eigenvalue weighted by Gasteiger charge is -2.25. The molecule has 0 fully saturated rings. The smallest absolute Gasteiger partial charge is 0.142 e. The summed E-state index contributed by atoms with van der Waals surface area (Å²) >= 11 is 1.85. The van der Waals surface area contributed by atoms with E-state index in [2.05, 4.69) is 197 Å². The lowest BCUT2D eigenvalue weighted by Crippen LogP contribution is -2.14. The first-order valence-corrected chi connectivity index (χ1v) is 23.4. The van der Waals surface area contributed by atoms with Gasteiger partial charge in [-0.3, -0.25) is 0 Å². The van der Waals surface area contributed by atoms with Crippen LogP contribution in [0, 0.1) is 5.92 Å². The molecular formula is C59H49N3OS. The van der Waals surface area contributed by atoms with Gasteiger partial charge < -0.3 is 10.2 Å². The number of nitrogens with zero attached hydrogens (tertiary/aromatic N) is 2. The Bertz CT molecular complexity index is 3350. The standard InChI is InChI=1S/C59H49N3OS/c1-4-38(39-15-7-5-8-16-39)34-50(41-28-26-40(27-29-41)46-22-14-23-47-49-31-36(2)25-30-52(49)63-57(46)47)62-59(60)44-20-13-19-43(33-44)45-32-37(3)54-51(35-45)61-56(42-17-9-6-10-18-42)58-55(54)48-21-11-12-24-53(48)64-58/h5-30,33-38H,4,31-32H2,1-3H3,(H2,60,62)/b50-34-. The number of pyridine rings is 1. The van der Waals surface area contributed by atoms with Gasteiger partial charge in [-0.15, -0.1) is 11.3 Å². The SMILES string of the molecule is CCC(/C=C(\N=C(/N)c1cccc(C2=Cc3nc(-c4ccccc4)c4sc5ccccc5c4c3C(C)C2)c1)c1ccc(-c2cccc3c4c(oc23)C=CC(C)C4)cc1)c1ccccc1. The van der Waals surface area contributed by atoms with Gasteiger partial charge in [0.1, 0.15) is 17.2 Å². The molecule has 0 radical (unpaired) electrons. The van der Waals surface area contributed by atoms with E-state index in [1.165, 1.54) is 47.8 Å². The number of benzene rings is 6. The van der Waals surface area contributed by atoms with Crippen molar-refractivity contribution < 1.29 is 4.42 Å². The van der Waals surface area contributed by atoms with Crippen molar-refractivity contribution in [3.63, 3.8) is 0 Å². The molecule has 0 bridgehead atoms. The van der Waals surface area contributed by atoms with Gasteiger partial charge in [-0.05, 0) is 88.8 Å². The van der Waals surface area contributed by atoms with E-state index in [1.807, 2.05) is 11.3 Å². The van der Waals surface area contributed by atoms with Crippen molar-refractivity contribution in [3.05, 3.63) is 209 Å². The predicted molar refractivity (Wildman–Crippen MR) is 272 cm³/mol. The van der Waals surface area contributed by atoms with Crippen LogP contribution in [0.15, 0.2) is 173 Å². The lowest BCUT2D eigenvalue weighted by atomic mass is 9.81. The Balaban J connectivity index is 0.974. The summed E-state index contributed by atoms with van der Waals surface area (Å²) in [7, 11) is 0. The molecule has 2 aliphatic carbocycles. The molecule has 4 nitrogen and oxygen atoms in total. The normalized spacial score (nSPS) is 16.8. The van der Waals surface area contributed by atoms with Crippen LogP contribution in [0.1, 0.15) is 90.3 Å². The quantitative estimate of drug-likeness (QED) is 0.116. The van der Waals surface area contributed by atoms with E-state index in [1.54, 1.807) is 0 Å². The number of fused-ring (bicyclic) bond motifs is 8. The van der Waals surface area contributed by atoms with Crippen molar-refractivity contribution in [1.29, 1.82) is 0 Å². The number of para-hydroxylation sites is 1. The van der Waals surface area contributed by atoms with E-state index in [-0.39, 0.29) is 11.8 Å². The molecule has 3 aromatic heterocycles. The maximum Gasteiger partial charge on any atom is 0.142 e. The average Bonchev–Trinajstić information content (AvgIpc) is 3.92. The van der Waals surface area contributed by atoms with E-state index in [4.69, 9.17) is 20.1 Å². The van der Waals surface area contributed by atoms with E-state index in [0.29, 0.717) is 11.8 Å². The fraction of sp³-hybridized carbons (Fsp3) is 0.153. The van der Waals surface area contributed by atoms with Crippen LogP contribution in [0.3, 0.4) is 0 Å². The number of hydrogen-bond donors (Lipinski definition) is 1. The lowest BCUT2D eigenvalue weighted by molar-refractivity contribution is 0.585. The summed E-state index contributed by atoms with van der Waals surface area (Å²) in [6.45, 7) is 6.83. The van der Waals surface area contributed by atoms with Crippen molar-refractivity contribution in [2.45, 2.75) is 51.9 Å². The number of allylic oxidation sites excluding steroid dienone is 3. The maximum atomic E-state index is 7.08. The van der Waals surface area contributed by atoms with Gasteiger partial charge in [0, 0.05) is 49.0 Å². The fourth-order valence-electron chi connectivity index (χ4n) is 9.93. The van der Waals surface area contributed by atoms with Crippen molar-refractivity contribution in [2.24, 2.45) is 16.6 Å². The molecule has 3 heterocycles. The molecular weight excluding hydrogens is 799 g/mol. The Morgan fingerprint density at radius 1 is 0.781 bits per heavy atom. The number of furan rings is 1. The number of rotatable bonds is 9. The van der Waals surface area contributed by atoms with Crippen LogP contribution in [0.5, 0.6) is 0 Å². The topological polar surface area (TPSA) is 64.4 Å². The molecule has 0 saturated carbocycles. The van der Waals surface area contributed by atoms with Crippen LogP contribution < -0.4 is 5.73 Å². The van der Waals surface area contributed by atoms with Gasteiger partial charge in [-0.1, -0.05) is 172 Å². The molecule has 3 atom stereocenters. The maximum absolute atomic E-state index is 7.08. The second-order valence-corrected chi connectivity index (χ2v) is 18.6. The minimum atomic E-state index is 0.159. The van der Waals surface area contributed by atoms with Crippen LogP contribution in [-0.2, 0) is 6.42 Å². The van der Waals surface area contributed by atoms with Gasteiger partial charge in [0.25, 0.3) is 0 Å². The van der Waals surface area contributed by atoms with Crippen LogP contribution >= 0.6 is 11.3 Å². The number of nitrogens with two attached hydrogens (primary N) is 1. The van der Waals surface area contributed by atoms with E-state index >= 15 is 0 Å². The molecule has 5 heteroatoms. The molecule has 0 spiro atoms. The number of amidine groups is 1. The molecule has 6 aromatic carbocycles. The zero-order valence-corrected chi connectivity index (χ0v) is 37.2. The number of aliphatic imine (C=N–C) groups is 1. The van der Waals surface area contributed by atoms with E-state index in [9.17, 15) is 0 Å². The first kappa shape index (κ1) is 39.7. The molecule has 64 heavy (non-hydrogen) atoms. The first-order valence-electron chi connectivity index (χ1n) is 22.6. The predicted octanol–water partition coefficient (Wildman–Crippen LogP) is 15.7. The van der Waals surface area contributed by atoms with E-state index < -0.39 is 0 Å². The molecule has 9 aromatic rings. The fourth-order valence-corrected chi connectivity index (χ4v) is 11.2. The monoisotopic (exact) mass is 847 g/mol. The number of aromatic nitrogens is 1. The molecule has 11 rings (SSSR count). The Hall–Kier alpha value is -7.08. The van der Waals surface area contributed by atoms with Gasteiger partial charge in [0.05, 0.1) is 21.8 Å². The summed E-state index contributed by atoms with van der Waals surface area (Å²) in [4.78, 5) is 10.7. The number of hydrogen-bond acceptors (Lipinski definition) is 4. The minimum Gasteiger partial charge on any atom is -0.456 e. The third-order valence-corrected chi connectivity index (χ3v) is 14.4. The molecule has 2 aliphatic rings. The highest BCUT2D eigenvalue weighted by Gasteiger charge is 2.27. The summed E-state index contributed by atoms with van der Waals surface area (Å²) in [6, 6.07) is 53.9. The summed E-state index contributed by atoms with van der Waals surface area (Å²) in [6.07, 6.45) is 11.8. The Morgan fingerprint density at radius 2 is 1.52 bits per heavy atom. The first-order chi connectivity index (χ1) is 31.4. The van der Waals surface area contributed by atoms with Gasteiger partial charge >= 0.3 is 0 Å². The van der Waals surface area contributed by atoms with Crippen molar-refractivity contribution in [3.8, 4) is 22.4 Å². The Labute approximate surface area is 378 Å². The Morgan fingerprint density at radius 3 is 2.33 bits per heavy atom. The van der Waals surface area contributed by atoms with E-state index in [0.717, 1.165) is 81.1 Å². The summed E-state index contributed by atoms with van der Waals surface area (Å²) in [5.74, 6) is 2.38. The second kappa shape index (κ2) is 16.6. The zero-order chi connectivity index (χ0) is 43.3. The summed E-state index contributed by atoms with van der Waals surface area (Å²) in [5.41, 5.74) is 22.5. The van der Waals surface area contributed by atoms with Crippen LogP contribution in [0.25, 0.3) is 76.9 Å². The summed E-state index contributed by atoms with van der Waals surface area (Å²) < 4.78 is 9.06. The van der Waals surface area contributed by atoms with Gasteiger partial charge in [-0.25, -0.2) is 9.98 Å². The highest BCUT2D eigenvalue weighted by molar-refractivity contribution is 7.26. The van der Waals surface area contributed by atoms with Crippen LogP contribution in [0.4, 0.5) is 0 Å². The molecule has 0 saturated heterocycles. The summed E-state index contributed by atoms with van der Waals surface area (Å²) in [5, 5.41) is 3.85. The highest BCUT2D eigenvalue weighted by Crippen LogP contribution is 2.48. The third-order valence-electron chi connectivity index (χ3n) is 13.2. The average molecular weight is 848 g/mol. The third kappa shape index (κ3) is 7.20. The van der Waals surface area contributed by atoms with Gasteiger partial charge in [-0.2, -0.15) is 0 Å². The van der Waals surface area contributed by atoms with Crippen LogP contribution in [0.2, 0.25) is 0 Å². The number of thiophene rings is 1. The molecule has 3 unspecified atom stereocenters. The van der Waals surface area contributed by atoms with Crippen LogP contribution in [-0.4, -0.2) is 10.8 Å². The Kier molecular flexibility index (Phi) is 10.3. The molecule has 312 valence electrons. The highest BCUT2D eigenvalue weighted by atomic mass is 32.1. The van der Waals surface area contributed by atoms with Crippen molar-refractivity contribution in [1.82, 2.24) is 4.98 Å².